The molecule has 264 valence electrons. The third-order valence-corrected chi connectivity index (χ3v) is 11.0. The quantitative estimate of drug-likeness (QED) is 0.171. The van der Waals surface area contributed by atoms with Crippen molar-refractivity contribution in [3.05, 3.63) is 200 Å². The molecule has 0 bridgehead atoms. The van der Waals surface area contributed by atoms with Crippen molar-refractivity contribution in [1.29, 1.82) is 0 Å². The molecular formula is C50H34N6. The van der Waals surface area contributed by atoms with Crippen LogP contribution >= 0.6 is 0 Å². The maximum atomic E-state index is 5.20. The van der Waals surface area contributed by atoms with Crippen LogP contribution in [0.15, 0.2) is 194 Å². The Kier molecular flexibility index (Phi) is 7.52. The molecule has 56 heavy (non-hydrogen) atoms. The van der Waals surface area contributed by atoms with Gasteiger partial charge < -0.3 is 9.47 Å². The van der Waals surface area contributed by atoms with E-state index in [0.29, 0.717) is 17.5 Å². The SMILES string of the molecule is C1=CC2c3ccc4c5ccccc5n(-c5ccccc5)c4c3N(c3ccc(-c4nc(-c5ccccc5)nc(-c5ccc(-c6ccccc6)cc5)n4)cn3)C2C=C1. The molecule has 6 nitrogen and oxygen atoms in total. The predicted octanol–water partition coefficient (Wildman–Crippen LogP) is 11.8. The van der Waals surface area contributed by atoms with Crippen molar-refractivity contribution >= 4 is 33.3 Å². The minimum atomic E-state index is 0.0773. The van der Waals surface area contributed by atoms with Crippen molar-refractivity contribution in [3.8, 4) is 51.0 Å². The smallest absolute Gasteiger partial charge is 0.165 e. The monoisotopic (exact) mass is 718 g/mol. The van der Waals surface area contributed by atoms with E-state index in [-0.39, 0.29) is 12.0 Å². The zero-order valence-corrected chi connectivity index (χ0v) is 30.3. The molecule has 2 aliphatic rings. The van der Waals surface area contributed by atoms with Gasteiger partial charge in [0, 0.05) is 45.3 Å². The number of nitrogens with zero attached hydrogens (tertiary/aromatic N) is 6. The van der Waals surface area contributed by atoms with Crippen LogP contribution in [0.3, 0.4) is 0 Å². The highest BCUT2D eigenvalue weighted by Crippen LogP contribution is 2.52. The molecule has 11 rings (SSSR count). The Morgan fingerprint density at radius 3 is 1.73 bits per heavy atom. The number of benzene rings is 6. The number of rotatable bonds is 6. The molecule has 6 heteroatoms. The average molecular weight is 719 g/mol. The number of aromatic nitrogens is 5. The molecular weight excluding hydrogens is 685 g/mol. The van der Waals surface area contributed by atoms with Crippen LogP contribution in [0.2, 0.25) is 0 Å². The van der Waals surface area contributed by atoms with Crippen molar-refractivity contribution in [2.75, 3.05) is 4.90 Å². The summed E-state index contributed by atoms with van der Waals surface area (Å²) >= 11 is 0. The normalized spacial score (nSPS) is 15.7. The predicted molar refractivity (Wildman–Crippen MR) is 227 cm³/mol. The van der Waals surface area contributed by atoms with Crippen LogP contribution in [0.25, 0.3) is 72.8 Å². The van der Waals surface area contributed by atoms with Crippen LogP contribution in [0.1, 0.15) is 11.5 Å². The summed E-state index contributed by atoms with van der Waals surface area (Å²) in [6.45, 7) is 0. The Bertz CT molecular complexity index is 2950. The summed E-state index contributed by atoms with van der Waals surface area (Å²) in [6, 6.07) is 57.2. The van der Waals surface area contributed by atoms with Gasteiger partial charge >= 0.3 is 0 Å². The lowest BCUT2D eigenvalue weighted by Gasteiger charge is -2.28. The fourth-order valence-electron chi connectivity index (χ4n) is 8.42. The van der Waals surface area contributed by atoms with Gasteiger partial charge in [-0.15, -0.1) is 0 Å². The topological polar surface area (TPSA) is 59.7 Å². The number of para-hydroxylation sites is 2. The van der Waals surface area contributed by atoms with Crippen LogP contribution in [0.5, 0.6) is 0 Å². The highest BCUT2D eigenvalue weighted by atomic mass is 15.3. The van der Waals surface area contributed by atoms with Gasteiger partial charge in [0.1, 0.15) is 5.82 Å². The lowest BCUT2D eigenvalue weighted by Crippen LogP contribution is -2.29. The summed E-state index contributed by atoms with van der Waals surface area (Å²) in [4.78, 5) is 22.6. The molecule has 1 aliphatic carbocycles. The molecule has 0 saturated heterocycles. The van der Waals surface area contributed by atoms with Crippen LogP contribution in [-0.2, 0) is 0 Å². The van der Waals surface area contributed by atoms with Crippen LogP contribution in [0, 0.1) is 0 Å². The van der Waals surface area contributed by atoms with E-state index < -0.39 is 0 Å². The zero-order chi connectivity index (χ0) is 37.0. The van der Waals surface area contributed by atoms with Crippen LogP contribution in [-0.4, -0.2) is 30.5 Å². The highest BCUT2D eigenvalue weighted by molar-refractivity contribution is 6.15. The fraction of sp³-hybridized carbons (Fsp3) is 0.0400. The van der Waals surface area contributed by atoms with E-state index in [1.807, 2.05) is 42.6 Å². The Morgan fingerprint density at radius 2 is 1.02 bits per heavy atom. The molecule has 1 aliphatic heterocycles. The number of hydrogen-bond donors (Lipinski definition) is 0. The minimum absolute atomic E-state index is 0.0773. The average Bonchev–Trinajstić information content (AvgIpc) is 3.80. The third kappa shape index (κ3) is 5.26. The summed E-state index contributed by atoms with van der Waals surface area (Å²) in [5.74, 6) is 2.87. The highest BCUT2D eigenvalue weighted by Gasteiger charge is 2.40. The van der Waals surface area contributed by atoms with E-state index in [1.54, 1.807) is 0 Å². The van der Waals surface area contributed by atoms with E-state index in [0.717, 1.165) is 33.8 Å². The fourth-order valence-corrected chi connectivity index (χ4v) is 8.42. The lowest BCUT2D eigenvalue weighted by molar-refractivity contribution is 0.738. The molecule has 6 aromatic carbocycles. The summed E-state index contributed by atoms with van der Waals surface area (Å²) in [5, 5.41) is 2.45. The van der Waals surface area contributed by atoms with Gasteiger partial charge in [-0.25, -0.2) is 19.9 Å². The van der Waals surface area contributed by atoms with Gasteiger partial charge in [0.25, 0.3) is 0 Å². The van der Waals surface area contributed by atoms with Gasteiger partial charge in [0.2, 0.25) is 0 Å². The second kappa shape index (κ2) is 13.1. The van der Waals surface area contributed by atoms with Crippen molar-refractivity contribution in [2.45, 2.75) is 12.0 Å². The van der Waals surface area contributed by atoms with Gasteiger partial charge in [-0.05, 0) is 47.0 Å². The maximum Gasteiger partial charge on any atom is 0.165 e. The van der Waals surface area contributed by atoms with Crippen LogP contribution < -0.4 is 4.90 Å². The summed E-state index contributed by atoms with van der Waals surface area (Å²) in [7, 11) is 0. The Labute approximate surface area is 324 Å². The molecule has 0 N–H and O–H groups in total. The first-order valence-electron chi connectivity index (χ1n) is 19.0. The minimum Gasteiger partial charge on any atom is -0.316 e. The summed E-state index contributed by atoms with van der Waals surface area (Å²) in [6.07, 6.45) is 10.9. The molecule has 0 saturated carbocycles. The number of pyridine rings is 1. The Hall–Kier alpha value is -7.44. The molecule has 0 amide bonds. The molecule has 0 spiro atoms. The second-order valence-corrected chi connectivity index (χ2v) is 14.3. The first-order valence-corrected chi connectivity index (χ1v) is 19.0. The molecule has 2 atom stereocenters. The van der Waals surface area contributed by atoms with Gasteiger partial charge in [-0.3, -0.25) is 0 Å². The van der Waals surface area contributed by atoms with Crippen molar-refractivity contribution in [2.24, 2.45) is 0 Å². The van der Waals surface area contributed by atoms with Gasteiger partial charge in [0.05, 0.1) is 22.8 Å². The van der Waals surface area contributed by atoms with Crippen molar-refractivity contribution < 1.29 is 0 Å². The number of fused-ring (bicyclic) bond motifs is 7. The number of hydrogen-bond acceptors (Lipinski definition) is 5. The molecule has 3 aromatic heterocycles. The first kappa shape index (κ1) is 32.0. The van der Waals surface area contributed by atoms with Gasteiger partial charge in [0.15, 0.2) is 17.5 Å². The standard InChI is InChI=1S/C50H34N6/c1-4-14-33(15-5-1)34-24-26-36(27-25-34)49-52-48(35-16-6-2-7-17-35)53-50(54-49)37-28-31-45(51-32-37)56-44-23-13-11-21-40(44)42-30-29-41-39-20-10-12-22-43(39)55(46(41)47(42)56)38-18-8-3-9-19-38/h1-32,40,44H. The molecule has 4 heterocycles. The summed E-state index contributed by atoms with van der Waals surface area (Å²) < 4.78 is 2.42. The zero-order valence-electron chi connectivity index (χ0n) is 30.3. The summed E-state index contributed by atoms with van der Waals surface area (Å²) in [5.41, 5.74) is 11.0. The second-order valence-electron chi connectivity index (χ2n) is 14.3. The van der Waals surface area contributed by atoms with Crippen LogP contribution in [0.4, 0.5) is 11.5 Å². The first-order chi connectivity index (χ1) is 27.8. The molecule has 0 radical (unpaired) electrons. The number of anilines is 2. The molecule has 0 fully saturated rings. The Morgan fingerprint density at radius 1 is 0.446 bits per heavy atom. The third-order valence-electron chi connectivity index (χ3n) is 11.0. The van der Waals surface area contributed by atoms with E-state index in [2.05, 4.69) is 161 Å². The number of allylic oxidation sites excluding steroid dienone is 2. The van der Waals surface area contributed by atoms with E-state index in [9.17, 15) is 0 Å². The van der Waals surface area contributed by atoms with Gasteiger partial charge in [-0.1, -0.05) is 158 Å². The Balaban J connectivity index is 1.04. The van der Waals surface area contributed by atoms with Gasteiger partial charge in [-0.2, -0.15) is 0 Å². The lowest BCUT2D eigenvalue weighted by atomic mass is 9.91. The largest absolute Gasteiger partial charge is 0.316 e. The van der Waals surface area contributed by atoms with Crippen molar-refractivity contribution in [1.82, 2.24) is 24.5 Å². The van der Waals surface area contributed by atoms with E-state index in [4.69, 9.17) is 19.9 Å². The van der Waals surface area contributed by atoms with E-state index >= 15 is 0 Å². The molecule has 2 unspecified atom stereocenters. The van der Waals surface area contributed by atoms with E-state index in [1.165, 1.54) is 38.6 Å². The molecule has 9 aromatic rings. The maximum absolute atomic E-state index is 5.20. The van der Waals surface area contributed by atoms with Crippen molar-refractivity contribution in [3.63, 3.8) is 0 Å².